The van der Waals surface area contributed by atoms with Crippen molar-refractivity contribution < 1.29 is 33.4 Å². The second kappa shape index (κ2) is 12.5. The van der Waals surface area contributed by atoms with Crippen LogP contribution < -0.4 is 10.6 Å². The maximum absolute atomic E-state index is 12.8. The summed E-state index contributed by atoms with van der Waals surface area (Å²) in [4.78, 5) is 48.7. The molecule has 0 bridgehead atoms. The highest BCUT2D eigenvalue weighted by atomic mass is 16.6. The van der Waals surface area contributed by atoms with E-state index in [0.717, 1.165) is 22.3 Å². The molecule has 0 saturated heterocycles. The van der Waals surface area contributed by atoms with Crippen molar-refractivity contribution in [2.24, 2.45) is 0 Å². The minimum absolute atomic E-state index is 0.0596. The Morgan fingerprint density at radius 1 is 0.919 bits per heavy atom. The number of hydrogen-bond acceptors (Lipinski definition) is 7. The van der Waals surface area contributed by atoms with Crippen LogP contribution in [0.3, 0.4) is 0 Å². The Bertz CT molecular complexity index is 1090. The van der Waals surface area contributed by atoms with Crippen molar-refractivity contribution in [1.29, 1.82) is 0 Å². The highest BCUT2D eigenvalue weighted by Gasteiger charge is 2.30. The number of nitrogens with one attached hydrogen (secondary N) is 2. The number of ketones is 1. The number of rotatable bonds is 11. The Morgan fingerprint density at radius 3 is 2.08 bits per heavy atom. The van der Waals surface area contributed by atoms with Crippen LogP contribution in [0.1, 0.15) is 50.7 Å². The standard InChI is InChI=1S/C28H34N2O7/c1-28(2,3)37-17-24(26(33)29-15-18(31)13-14-25(32)35-4)30-27(34)36-16-23-21-11-7-5-9-19(21)20-10-6-8-12-22(20)23/h5-12,23-24H,13-17H2,1-4H3,(H,29,33)(H,30,34)/t24-/m0/s1. The van der Waals surface area contributed by atoms with Crippen LogP contribution in [0.5, 0.6) is 0 Å². The van der Waals surface area contributed by atoms with Gasteiger partial charge in [-0.25, -0.2) is 4.79 Å². The van der Waals surface area contributed by atoms with Crippen molar-refractivity contribution in [1.82, 2.24) is 10.6 Å². The van der Waals surface area contributed by atoms with Crippen molar-refractivity contribution >= 4 is 23.8 Å². The third-order valence-corrected chi connectivity index (χ3v) is 5.93. The number of hydrogen-bond donors (Lipinski definition) is 2. The summed E-state index contributed by atoms with van der Waals surface area (Å²) in [6.45, 7) is 5.17. The first-order valence-electron chi connectivity index (χ1n) is 12.2. The third-order valence-electron chi connectivity index (χ3n) is 5.93. The normalized spacial score (nSPS) is 13.2. The van der Waals surface area contributed by atoms with Crippen molar-refractivity contribution in [2.75, 3.05) is 26.9 Å². The van der Waals surface area contributed by atoms with E-state index in [1.165, 1.54) is 7.11 Å². The number of esters is 1. The number of amides is 2. The van der Waals surface area contributed by atoms with Crippen molar-refractivity contribution in [3.05, 3.63) is 59.7 Å². The molecular formula is C28H34N2O7. The molecule has 0 fully saturated rings. The monoisotopic (exact) mass is 510 g/mol. The molecule has 0 unspecified atom stereocenters. The molecule has 1 aliphatic carbocycles. The van der Waals surface area contributed by atoms with Crippen molar-refractivity contribution in [2.45, 2.75) is 51.2 Å². The molecule has 198 valence electrons. The van der Waals surface area contributed by atoms with Gasteiger partial charge in [-0.3, -0.25) is 14.4 Å². The lowest BCUT2D eigenvalue weighted by molar-refractivity contribution is -0.141. The Morgan fingerprint density at radius 2 is 1.51 bits per heavy atom. The summed E-state index contributed by atoms with van der Waals surface area (Å²) < 4.78 is 15.8. The third kappa shape index (κ3) is 7.88. The molecule has 9 heteroatoms. The number of methoxy groups -OCH3 is 1. The van der Waals surface area contributed by atoms with Crippen molar-refractivity contribution in [3.8, 4) is 11.1 Å². The first-order chi connectivity index (χ1) is 17.6. The number of ether oxygens (including phenoxy) is 3. The summed E-state index contributed by atoms with van der Waals surface area (Å²) in [5, 5.41) is 5.06. The summed E-state index contributed by atoms with van der Waals surface area (Å²) >= 11 is 0. The quantitative estimate of drug-likeness (QED) is 0.445. The van der Waals surface area contributed by atoms with Gasteiger partial charge in [-0.1, -0.05) is 48.5 Å². The Kier molecular flexibility index (Phi) is 9.41. The zero-order valence-electron chi connectivity index (χ0n) is 21.7. The zero-order valence-corrected chi connectivity index (χ0v) is 21.7. The first kappa shape index (κ1) is 27.9. The van der Waals surface area contributed by atoms with Crippen LogP contribution in [-0.2, 0) is 28.6 Å². The van der Waals surface area contributed by atoms with Gasteiger partial charge in [-0.15, -0.1) is 0 Å². The lowest BCUT2D eigenvalue weighted by Crippen LogP contribution is -2.51. The van der Waals surface area contributed by atoms with Gasteiger partial charge in [0.2, 0.25) is 5.91 Å². The van der Waals surface area contributed by atoms with E-state index in [9.17, 15) is 19.2 Å². The average molecular weight is 511 g/mol. The molecule has 0 saturated carbocycles. The van der Waals surface area contributed by atoms with E-state index in [0.29, 0.717) is 0 Å². The molecule has 0 aromatic heterocycles. The van der Waals surface area contributed by atoms with Crippen molar-refractivity contribution in [3.63, 3.8) is 0 Å². The second-order valence-corrected chi connectivity index (χ2v) is 9.78. The summed E-state index contributed by atoms with van der Waals surface area (Å²) in [7, 11) is 1.24. The van der Waals surface area contributed by atoms with E-state index < -0.39 is 29.6 Å². The fourth-order valence-corrected chi connectivity index (χ4v) is 4.04. The van der Waals surface area contributed by atoms with Crippen LogP contribution in [0, 0.1) is 0 Å². The van der Waals surface area contributed by atoms with Gasteiger partial charge in [0.15, 0.2) is 5.78 Å². The smallest absolute Gasteiger partial charge is 0.407 e. The molecule has 2 N–H and O–H groups in total. The fourth-order valence-electron chi connectivity index (χ4n) is 4.04. The van der Waals surface area contributed by atoms with E-state index >= 15 is 0 Å². The van der Waals surface area contributed by atoms with Crippen LogP contribution in [-0.4, -0.2) is 62.3 Å². The van der Waals surface area contributed by atoms with Crippen LogP contribution >= 0.6 is 0 Å². The fraction of sp³-hybridized carbons (Fsp3) is 0.429. The molecule has 2 aromatic carbocycles. The van der Waals surface area contributed by atoms with Gasteiger partial charge >= 0.3 is 12.1 Å². The highest BCUT2D eigenvalue weighted by molar-refractivity contribution is 5.91. The molecule has 0 spiro atoms. The molecule has 2 aromatic rings. The van der Waals surface area contributed by atoms with Crippen LogP contribution in [0.15, 0.2) is 48.5 Å². The minimum Gasteiger partial charge on any atom is -0.469 e. The second-order valence-electron chi connectivity index (χ2n) is 9.78. The predicted molar refractivity (Wildman–Crippen MR) is 137 cm³/mol. The molecule has 1 atom stereocenters. The SMILES string of the molecule is COC(=O)CCC(=O)CNC(=O)[C@H](COC(C)(C)C)NC(=O)OCC1c2ccccc2-c2ccccc21. The molecular weight excluding hydrogens is 476 g/mol. The molecule has 0 aliphatic heterocycles. The average Bonchev–Trinajstić information content (AvgIpc) is 3.20. The maximum atomic E-state index is 12.8. The minimum atomic E-state index is -1.08. The van der Waals surface area contributed by atoms with Gasteiger partial charge in [0.1, 0.15) is 12.6 Å². The number of fused-ring (bicyclic) bond motifs is 3. The van der Waals surface area contributed by atoms with E-state index in [2.05, 4.69) is 15.4 Å². The topological polar surface area (TPSA) is 120 Å². The summed E-state index contributed by atoms with van der Waals surface area (Å²) in [6, 6.07) is 14.9. The molecule has 3 rings (SSSR count). The number of Topliss-reactive ketones (excluding diaryl/α,β-unsaturated/α-hetero) is 1. The molecule has 0 heterocycles. The van der Waals surface area contributed by atoms with Gasteiger partial charge < -0.3 is 24.8 Å². The van der Waals surface area contributed by atoms with Crippen LogP contribution in [0.4, 0.5) is 4.79 Å². The Hall–Kier alpha value is -3.72. The molecule has 9 nitrogen and oxygen atoms in total. The molecule has 0 radical (unpaired) electrons. The van der Waals surface area contributed by atoms with Gasteiger partial charge in [-0.05, 0) is 43.0 Å². The highest BCUT2D eigenvalue weighted by Crippen LogP contribution is 2.44. The summed E-state index contributed by atoms with van der Waals surface area (Å²) in [5.74, 6) is -1.56. The summed E-state index contributed by atoms with van der Waals surface area (Å²) in [6.07, 6.45) is -0.896. The van der Waals surface area contributed by atoms with Crippen LogP contribution in [0.25, 0.3) is 11.1 Å². The number of alkyl carbamates (subject to hydrolysis) is 1. The molecule has 37 heavy (non-hydrogen) atoms. The Labute approximate surface area is 216 Å². The zero-order chi connectivity index (χ0) is 27.0. The largest absolute Gasteiger partial charge is 0.469 e. The van der Waals surface area contributed by atoms with E-state index in [4.69, 9.17) is 9.47 Å². The molecule has 1 aliphatic rings. The number of benzene rings is 2. The lowest BCUT2D eigenvalue weighted by Gasteiger charge is -2.24. The maximum Gasteiger partial charge on any atom is 0.407 e. The van der Waals surface area contributed by atoms with Gasteiger partial charge in [-0.2, -0.15) is 0 Å². The van der Waals surface area contributed by atoms with Gasteiger partial charge in [0, 0.05) is 12.3 Å². The first-order valence-corrected chi connectivity index (χ1v) is 12.2. The van der Waals surface area contributed by atoms with E-state index in [1.54, 1.807) is 0 Å². The van der Waals surface area contributed by atoms with E-state index in [-0.39, 0.29) is 44.3 Å². The predicted octanol–water partition coefficient (Wildman–Crippen LogP) is 3.35. The summed E-state index contributed by atoms with van der Waals surface area (Å²) in [5.41, 5.74) is 3.82. The van der Waals surface area contributed by atoms with Gasteiger partial charge in [0.05, 0.1) is 32.3 Å². The van der Waals surface area contributed by atoms with Crippen LogP contribution in [0.2, 0.25) is 0 Å². The molecule has 2 amide bonds. The number of carbonyl (C=O) groups is 4. The number of carbonyl (C=O) groups excluding carboxylic acids is 4. The lowest BCUT2D eigenvalue weighted by atomic mass is 9.98. The Balaban J connectivity index is 1.60. The van der Waals surface area contributed by atoms with Gasteiger partial charge in [0.25, 0.3) is 0 Å². The van der Waals surface area contributed by atoms with E-state index in [1.807, 2.05) is 69.3 Å².